The normalized spacial score (nSPS) is 15.2. The number of carbonyl (C=O) groups is 2. The number of benzene rings is 3. The minimum absolute atomic E-state index is 0.232. The van der Waals surface area contributed by atoms with Crippen LogP contribution < -0.4 is 5.32 Å². The molecule has 1 saturated heterocycles. The minimum atomic E-state index is -0.922. The van der Waals surface area contributed by atoms with E-state index in [1.54, 1.807) is 62.1 Å². The van der Waals surface area contributed by atoms with E-state index in [-0.39, 0.29) is 23.6 Å². The second-order valence-electron chi connectivity index (χ2n) is 10.5. The van der Waals surface area contributed by atoms with Crippen molar-refractivity contribution in [2.75, 3.05) is 26.2 Å². The highest BCUT2D eigenvalue weighted by Gasteiger charge is 2.33. The van der Waals surface area contributed by atoms with Gasteiger partial charge in [-0.2, -0.15) is 0 Å². The zero-order valence-electron chi connectivity index (χ0n) is 22.2. The summed E-state index contributed by atoms with van der Waals surface area (Å²) in [5.74, 6) is -0.898. The standard InChI is InChI=1S/C30H32BrF2N3O3/c1-30(2,3)39-29(38)34-26(22-5-4-6-23(31)19-22)28(37)36-17-15-35(16-18-36)27(20-7-11-24(32)12-8-20)21-9-13-25(33)14-10-21/h4-14,19,26-27H,15-18H2,1-3H3,(H,34,38). The molecule has 1 N–H and O–H groups in total. The lowest BCUT2D eigenvalue weighted by molar-refractivity contribution is -0.135. The minimum Gasteiger partial charge on any atom is -0.444 e. The van der Waals surface area contributed by atoms with Crippen molar-refractivity contribution in [2.24, 2.45) is 0 Å². The van der Waals surface area contributed by atoms with Gasteiger partial charge in [0.05, 0.1) is 6.04 Å². The molecule has 0 aromatic heterocycles. The summed E-state index contributed by atoms with van der Waals surface area (Å²) in [5, 5.41) is 2.75. The molecule has 1 aliphatic heterocycles. The first kappa shape index (κ1) is 28.7. The molecule has 0 bridgehead atoms. The third-order valence-electron chi connectivity index (χ3n) is 6.45. The van der Waals surface area contributed by atoms with Crippen LogP contribution in [0.3, 0.4) is 0 Å². The average Bonchev–Trinajstić information content (AvgIpc) is 2.89. The van der Waals surface area contributed by atoms with Gasteiger partial charge in [-0.1, -0.05) is 52.3 Å². The summed E-state index contributed by atoms with van der Waals surface area (Å²) in [6.07, 6.45) is -0.674. The van der Waals surface area contributed by atoms with Gasteiger partial charge < -0.3 is 15.0 Å². The molecule has 1 heterocycles. The third-order valence-corrected chi connectivity index (χ3v) is 6.95. The van der Waals surface area contributed by atoms with Gasteiger partial charge in [-0.3, -0.25) is 9.69 Å². The maximum absolute atomic E-state index is 13.7. The quantitative estimate of drug-likeness (QED) is 0.365. The van der Waals surface area contributed by atoms with Crippen LogP contribution in [0.5, 0.6) is 0 Å². The van der Waals surface area contributed by atoms with Crippen LogP contribution in [-0.4, -0.2) is 53.6 Å². The van der Waals surface area contributed by atoms with Crippen LogP contribution in [0.25, 0.3) is 0 Å². The number of carbonyl (C=O) groups excluding carboxylic acids is 2. The largest absolute Gasteiger partial charge is 0.444 e. The Balaban J connectivity index is 1.53. The van der Waals surface area contributed by atoms with E-state index >= 15 is 0 Å². The summed E-state index contributed by atoms with van der Waals surface area (Å²) in [6, 6.07) is 18.7. The van der Waals surface area contributed by atoms with Gasteiger partial charge in [0.2, 0.25) is 5.91 Å². The van der Waals surface area contributed by atoms with Crippen molar-refractivity contribution in [1.29, 1.82) is 0 Å². The molecule has 1 fully saturated rings. The van der Waals surface area contributed by atoms with Gasteiger partial charge in [-0.15, -0.1) is 0 Å². The number of amides is 2. The lowest BCUT2D eigenvalue weighted by Crippen LogP contribution is -2.53. The monoisotopic (exact) mass is 599 g/mol. The van der Waals surface area contributed by atoms with Gasteiger partial charge in [0, 0.05) is 30.7 Å². The Kier molecular flexibility index (Phi) is 9.02. The Bertz CT molecular complexity index is 1240. The molecule has 2 amide bonds. The van der Waals surface area contributed by atoms with Crippen LogP contribution in [-0.2, 0) is 9.53 Å². The number of alkyl carbamates (subject to hydrolysis) is 1. The van der Waals surface area contributed by atoms with Crippen molar-refractivity contribution >= 4 is 27.9 Å². The zero-order chi connectivity index (χ0) is 28.2. The second kappa shape index (κ2) is 12.3. The van der Waals surface area contributed by atoms with E-state index in [1.807, 2.05) is 12.1 Å². The van der Waals surface area contributed by atoms with Gasteiger partial charge in [0.25, 0.3) is 0 Å². The number of nitrogens with one attached hydrogen (secondary N) is 1. The number of piperazine rings is 1. The Morgan fingerprint density at radius 1 is 0.846 bits per heavy atom. The molecule has 3 aromatic carbocycles. The van der Waals surface area contributed by atoms with Crippen molar-refractivity contribution < 1.29 is 23.1 Å². The SMILES string of the molecule is CC(C)(C)OC(=O)NC(C(=O)N1CCN(C(c2ccc(F)cc2)c2ccc(F)cc2)CC1)c1cccc(Br)c1. The molecule has 4 rings (SSSR count). The first-order chi connectivity index (χ1) is 18.5. The van der Waals surface area contributed by atoms with Crippen LogP contribution in [0.1, 0.15) is 49.5 Å². The summed E-state index contributed by atoms with van der Waals surface area (Å²) in [7, 11) is 0. The molecular weight excluding hydrogens is 568 g/mol. The summed E-state index contributed by atoms with van der Waals surface area (Å²) < 4.78 is 33.5. The maximum atomic E-state index is 13.7. The summed E-state index contributed by atoms with van der Waals surface area (Å²) in [4.78, 5) is 30.3. The lowest BCUT2D eigenvalue weighted by atomic mass is 9.96. The van der Waals surface area contributed by atoms with E-state index < -0.39 is 17.7 Å². The van der Waals surface area contributed by atoms with E-state index in [0.29, 0.717) is 31.7 Å². The fraction of sp³-hybridized carbons (Fsp3) is 0.333. The highest BCUT2D eigenvalue weighted by Crippen LogP contribution is 2.31. The fourth-order valence-electron chi connectivity index (χ4n) is 4.69. The van der Waals surface area contributed by atoms with Gasteiger partial charge in [0.1, 0.15) is 23.3 Å². The maximum Gasteiger partial charge on any atom is 0.408 e. The molecule has 1 atom stereocenters. The Hall–Kier alpha value is -3.30. The van der Waals surface area contributed by atoms with Gasteiger partial charge in [-0.25, -0.2) is 13.6 Å². The van der Waals surface area contributed by atoms with Crippen LogP contribution >= 0.6 is 15.9 Å². The zero-order valence-corrected chi connectivity index (χ0v) is 23.8. The number of halogens is 3. The smallest absolute Gasteiger partial charge is 0.408 e. The molecule has 6 nitrogen and oxygen atoms in total. The first-order valence-electron chi connectivity index (χ1n) is 12.8. The molecule has 39 heavy (non-hydrogen) atoms. The third kappa shape index (κ3) is 7.64. The van der Waals surface area contributed by atoms with Crippen LogP contribution in [0, 0.1) is 11.6 Å². The predicted octanol–water partition coefficient (Wildman–Crippen LogP) is 6.23. The molecular formula is C30H32BrF2N3O3. The lowest BCUT2D eigenvalue weighted by Gasteiger charge is -2.40. The number of ether oxygens (including phenoxy) is 1. The Morgan fingerprint density at radius 3 is 1.87 bits per heavy atom. The average molecular weight is 601 g/mol. The van der Waals surface area contributed by atoms with E-state index in [2.05, 4.69) is 26.1 Å². The van der Waals surface area contributed by atoms with Gasteiger partial charge >= 0.3 is 6.09 Å². The molecule has 0 saturated carbocycles. The first-order valence-corrected chi connectivity index (χ1v) is 13.6. The van der Waals surface area contributed by atoms with E-state index in [1.165, 1.54) is 24.3 Å². The van der Waals surface area contributed by atoms with Gasteiger partial charge in [0.15, 0.2) is 0 Å². The van der Waals surface area contributed by atoms with E-state index in [4.69, 9.17) is 4.74 Å². The van der Waals surface area contributed by atoms with Crippen LogP contribution in [0.15, 0.2) is 77.3 Å². The van der Waals surface area contributed by atoms with Crippen LogP contribution in [0.2, 0.25) is 0 Å². The topological polar surface area (TPSA) is 61.9 Å². The Morgan fingerprint density at radius 2 is 1.38 bits per heavy atom. The fourth-order valence-corrected chi connectivity index (χ4v) is 5.10. The van der Waals surface area contributed by atoms with Crippen molar-refractivity contribution in [2.45, 2.75) is 38.5 Å². The molecule has 3 aromatic rings. The van der Waals surface area contributed by atoms with Crippen molar-refractivity contribution in [3.8, 4) is 0 Å². The van der Waals surface area contributed by atoms with Crippen molar-refractivity contribution in [1.82, 2.24) is 15.1 Å². The second-order valence-corrected chi connectivity index (χ2v) is 11.4. The molecule has 0 spiro atoms. The van der Waals surface area contributed by atoms with Crippen molar-refractivity contribution in [3.63, 3.8) is 0 Å². The number of nitrogens with zero attached hydrogens (tertiary/aromatic N) is 2. The molecule has 206 valence electrons. The van der Waals surface area contributed by atoms with Crippen LogP contribution in [0.4, 0.5) is 13.6 Å². The van der Waals surface area contributed by atoms with E-state index in [0.717, 1.165) is 15.6 Å². The van der Waals surface area contributed by atoms with Gasteiger partial charge in [-0.05, 0) is 73.9 Å². The predicted molar refractivity (Wildman–Crippen MR) is 149 cm³/mol. The number of rotatable bonds is 6. The number of hydrogen-bond acceptors (Lipinski definition) is 4. The summed E-state index contributed by atoms with van der Waals surface area (Å²) >= 11 is 3.45. The molecule has 1 aliphatic rings. The van der Waals surface area contributed by atoms with Crippen molar-refractivity contribution in [3.05, 3.63) is 106 Å². The highest BCUT2D eigenvalue weighted by atomic mass is 79.9. The molecule has 1 unspecified atom stereocenters. The molecule has 0 radical (unpaired) electrons. The summed E-state index contributed by atoms with van der Waals surface area (Å²) in [5.41, 5.74) is 1.68. The Labute approximate surface area is 236 Å². The molecule has 9 heteroatoms. The number of hydrogen-bond donors (Lipinski definition) is 1. The molecule has 0 aliphatic carbocycles. The summed E-state index contributed by atoms with van der Waals surface area (Å²) in [6.45, 7) is 7.18. The highest BCUT2D eigenvalue weighted by molar-refractivity contribution is 9.10. The van der Waals surface area contributed by atoms with E-state index in [9.17, 15) is 18.4 Å².